The highest BCUT2D eigenvalue weighted by Crippen LogP contribution is 2.32. The average Bonchev–Trinajstić information content (AvgIpc) is 3.26. The van der Waals surface area contributed by atoms with Crippen molar-refractivity contribution in [3.8, 4) is 0 Å². The van der Waals surface area contributed by atoms with Crippen molar-refractivity contribution in [2.45, 2.75) is 50.6 Å². The number of hydrogen-bond acceptors (Lipinski definition) is 10. The Morgan fingerprint density at radius 3 is 2.58 bits per heavy atom. The maximum Gasteiger partial charge on any atom is 0.262 e. The van der Waals surface area contributed by atoms with Crippen LogP contribution in [0.25, 0.3) is 5.57 Å². The van der Waals surface area contributed by atoms with Crippen molar-refractivity contribution in [3.05, 3.63) is 59.4 Å². The Kier molecular flexibility index (Phi) is 10.2. The number of fused-ring (bicyclic) bond motifs is 1. The number of pyridine rings is 1. The molecule has 3 heterocycles. The number of aromatic nitrogens is 1. The number of nitrogens with two attached hydrogens (primary N) is 1. The van der Waals surface area contributed by atoms with E-state index in [2.05, 4.69) is 27.5 Å². The van der Waals surface area contributed by atoms with Crippen molar-refractivity contribution in [1.29, 1.82) is 5.41 Å². The van der Waals surface area contributed by atoms with Crippen LogP contribution in [0.4, 0.5) is 11.5 Å². The Hall–Kier alpha value is -4.58. The van der Waals surface area contributed by atoms with E-state index in [1.165, 1.54) is 6.21 Å². The van der Waals surface area contributed by atoms with Gasteiger partial charge in [-0.05, 0) is 75.4 Å². The summed E-state index contributed by atoms with van der Waals surface area (Å²) in [6.45, 7) is 4.64. The number of piperazine rings is 1. The van der Waals surface area contributed by atoms with Crippen molar-refractivity contribution in [1.82, 2.24) is 20.1 Å². The average molecular weight is 615 g/mol. The molecule has 45 heavy (non-hydrogen) atoms. The van der Waals surface area contributed by atoms with Crippen LogP contribution in [0.1, 0.15) is 64.9 Å². The van der Waals surface area contributed by atoms with Gasteiger partial charge >= 0.3 is 0 Å². The van der Waals surface area contributed by atoms with Crippen molar-refractivity contribution in [3.63, 3.8) is 0 Å². The van der Waals surface area contributed by atoms with Gasteiger partial charge < -0.3 is 36.4 Å². The predicted octanol–water partition coefficient (Wildman–Crippen LogP) is 2.51. The van der Waals surface area contributed by atoms with Crippen LogP contribution in [0.5, 0.6) is 0 Å². The molecule has 12 heteroatoms. The first-order valence-electron chi connectivity index (χ1n) is 15.7. The first kappa shape index (κ1) is 31.8. The molecular formula is C33H42N8O4. The molecule has 0 bridgehead atoms. The maximum atomic E-state index is 13.0. The van der Waals surface area contributed by atoms with Gasteiger partial charge in [-0.2, -0.15) is 0 Å². The molecule has 238 valence electrons. The van der Waals surface area contributed by atoms with Crippen molar-refractivity contribution in [2.75, 3.05) is 50.0 Å². The third-order valence-electron chi connectivity index (χ3n) is 8.96. The van der Waals surface area contributed by atoms with Crippen LogP contribution in [0.3, 0.4) is 0 Å². The molecule has 5 N–H and O–H groups in total. The quantitative estimate of drug-likeness (QED) is 0.102. The Morgan fingerprint density at radius 2 is 1.87 bits per heavy atom. The molecule has 1 aromatic heterocycles. The molecular weight excluding hydrogens is 572 g/mol. The minimum atomic E-state index is -1.15. The highest BCUT2D eigenvalue weighted by atomic mass is 16.2. The molecule has 0 radical (unpaired) electrons. The summed E-state index contributed by atoms with van der Waals surface area (Å²) >= 11 is 0. The number of hydrogen-bond donors (Lipinski definition) is 4. The van der Waals surface area contributed by atoms with E-state index in [4.69, 9.17) is 16.1 Å². The monoisotopic (exact) mass is 614 g/mol. The van der Waals surface area contributed by atoms with Gasteiger partial charge in [-0.25, -0.2) is 4.98 Å². The Balaban J connectivity index is 1.05. The number of benzene rings is 1. The van der Waals surface area contributed by atoms with Crippen molar-refractivity contribution < 1.29 is 19.2 Å². The van der Waals surface area contributed by atoms with Crippen LogP contribution in [-0.2, 0) is 9.59 Å². The fraction of sp³-hybridized carbons (Fsp3) is 0.455. The lowest BCUT2D eigenvalue weighted by molar-refractivity contribution is -0.122. The molecule has 2 aliphatic heterocycles. The molecule has 2 aromatic rings. The summed E-state index contributed by atoms with van der Waals surface area (Å²) in [5, 5.41) is 14.8. The molecule has 5 rings (SSSR count). The normalized spacial score (nSPS) is 20.8. The van der Waals surface area contributed by atoms with Gasteiger partial charge in [0.1, 0.15) is 18.1 Å². The van der Waals surface area contributed by atoms with E-state index in [1.54, 1.807) is 18.2 Å². The SMILES string of the molecule is CN1CCN(c2cccc(/C(C=N)=C/NC3CC(CCCNc4ccc5c(c4)C(=O)N(C(CCC=O)C(N)=O)C5=O)C3)n2)CC1. The van der Waals surface area contributed by atoms with E-state index in [-0.39, 0.29) is 24.0 Å². The molecule has 1 aromatic carbocycles. The molecule has 1 atom stereocenters. The number of allylic oxidation sites excluding steroid dienone is 1. The Labute approximate surface area is 263 Å². The van der Waals surface area contributed by atoms with E-state index < -0.39 is 23.8 Å². The number of nitrogens with zero attached hydrogens (tertiary/aromatic N) is 4. The molecule has 1 aliphatic carbocycles. The predicted molar refractivity (Wildman–Crippen MR) is 173 cm³/mol. The number of nitrogens with one attached hydrogen (secondary N) is 3. The van der Waals surface area contributed by atoms with E-state index in [0.717, 1.165) is 86.1 Å². The molecule has 12 nitrogen and oxygen atoms in total. The van der Waals surface area contributed by atoms with E-state index in [1.807, 2.05) is 24.4 Å². The zero-order valence-corrected chi connectivity index (χ0v) is 25.7. The Morgan fingerprint density at radius 1 is 1.11 bits per heavy atom. The number of imide groups is 1. The largest absolute Gasteiger partial charge is 0.388 e. The standard InChI is InChI=1S/C33H42N8O4/c1-39-12-14-40(15-13-39)30-8-2-6-28(38-30)23(20-34)21-37-25-17-22(18-25)5-3-11-36-24-9-10-26-27(19-24)33(45)41(32(26)44)29(31(35)43)7-4-16-42/h2,6,8-10,16,19-22,25,29,34,36-37H,3-5,7,11-15,17-18H2,1H3,(H2,35,43)/b23-21+,34-20?. The van der Waals surface area contributed by atoms with Crippen molar-refractivity contribution in [2.24, 2.45) is 11.7 Å². The second-order valence-corrected chi connectivity index (χ2v) is 12.1. The lowest BCUT2D eigenvalue weighted by atomic mass is 9.77. The summed E-state index contributed by atoms with van der Waals surface area (Å²) in [7, 11) is 2.13. The van der Waals surface area contributed by atoms with Crippen LogP contribution >= 0.6 is 0 Å². The number of carbonyl (C=O) groups excluding carboxylic acids is 4. The molecule has 1 unspecified atom stereocenters. The van der Waals surface area contributed by atoms with Crippen LogP contribution in [0.2, 0.25) is 0 Å². The minimum absolute atomic E-state index is 0.00925. The van der Waals surface area contributed by atoms with Gasteiger partial charge in [0.2, 0.25) is 5.91 Å². The first-order valence-corrected chi connectivity index (χ1v) is 15.7. The number of anilines is 2. The van der Waals surface area contributed by atoms with Gasteiger partial charge in [0.25, 0.3) is 11.8 Å². The summed E-state index contributed by atoms with van der Waals surface area (Å²) in [4.78, 5) is 58.9. The zero-order valence-electron chi connectivity index (χ0n) is 25.7. The van der Waals surface area contributed by atoms with Gasteiger partial charge in [-0.3, -0.25) is 19.3 Å². The van der Waals surface area contributed by atoms with Gasteiger partial charge in [-0.1, -0.05) is 6.07 Å². The molecule has 3 amide bonds. The number of aldehydes is 1. The highest BCUT2D eigenvalue weighted by molar-refractivity contribution is 6.23. The second-order valence-electron chi connectivity index (χ2n) is 12.1. The fourth-order valence-corrected chi connectivity index (χ4v) is 6.20. The van der Waals surface area contributed by atoms with E-state index >= 15 is 0 Å². The van der Waals surface area contributed by atoms with Gasteiger partial charge in [0.15, 0.2) is 0 Å². The second kappa shape index (κ2) is 14.5. The first-order chi connectivity index (χ1) is 21.8. The molecule has 2 fully saturated rings. The highest BCUT2D eigenvalue weighted by Gasteiger charge is 2.42. The lowest BCUT2D eigenvalue weighted by Gasteiger charge is -2.36. The summed E-state index contributed by atoms with van der Waals surface area (Å²) < 4.78 is 0. The third kappa shape index (κ3) is 7.39. The van der Waals surface area contributed by atoms with Gasteiger partial charge in [-0.15, -0.1) is 0 Å². The molecule has 1 saturated heterocycles. The van der Waals surface area contributed by atoms with Gasteiger partial charge in [0, 0.05) is 68.9 Å². The number of carbonyl (C=O) groups is 4. The summed E-state index contributed by atoms with van der Waals surface area (Å²) in [5.74, 6) is -0.379. The zero-order chi connectivity index (χ0) is 31.9. The minimum Gasteiger partial charge on any atom is -0.388 e. The van der Waals surface area contributed by atoms with Crippen LogP contribution in [0.15, 0.2) is 42.6 Å². The maximum absolute atomic E-state index is 13.0. The summed E-state index contributed by atoms with van der Waals surface area (Å²) in [5.41, 5.74) is 8.19. The van der Waals surface area contributed by atoms with Crippen molar-refractivity contribution >= 4 is 47.3 Å². The van der Waals surface area contributed by atoms with E-state index in [0.29, 0.717) is 18.2 Å². The Bertz CT molecular complexity index is 1460. The number of rotatable bonds is 15. The lowest BCUT2D eigenvalue weighted by Crippen LogP contribution is -2.47. The van der Waals surface area contributed by atoms with Crippen LogP contribution < -0.4 is 21.3 Å². The number of likely N-dealkylation sites (N-methyl/N-ethyl adjacent to an activating group) is 1. The number of amides is 3. The molecule has 3 aliphatic rings. The number of primary amides is 1. The summed E-state index contributed by atoms with van der Waals surface area (Å²) in [6.07, 6.45) is 8.08. The van der Waals surface area contributed by atoms with Gasteiger partial charge in [0.05, 0.1) is 16.8 Å². The fourth-order valence-electron chi connectivity index (χ4n) is 6.20. The summed E-state index contributed by atoms with van der Waals surface area (Å²) in [6, 6.07) is 10.2. The topological polar surface area (TPSA) is 165 Å². The van der Waals surface area contributed by atoms with Crippen LogP contribution in [-0.4, -0.2) is 96.9 Å². The van der Waals surface area contributed by atoms with E-state index in [9.17, 15) is 19.2 Å². The molecule has 1 saturated carbocycles. The molecule has 0 spiro atoms. The third-order valence-corrected chi connectivity index (χ3v) is 8.96. The van der Waals surface area contributed by atoms with Crippen LogP contribution in [0, 0.1) is 11.3 Å². The smallest absolute Gasteiger partial charge is 0.262 e.